The van der Waals surface area contributed by atoms with Crippen LogP contribution in [0.1, 0.15) is 47.3 Å². The summed E-state index contributed by atoms with van der Waals surface area (Å²) in [6.45, 7) is 3.52. The number of cyclic esters (lactones) is 1. The number of nitrogens with one attached hydrogen (secondary N) is 1. The molecule has 0 spiro atoms. The van der Waals surface area contributed by atoms with Crippen molar-refractivity contribution in [2.24, 2.45) is 0 Å². The molecule has 0 aromatic heterocycles. The number of alkyl carbamates (subject to hydrolysis) is 1. The van der Waals surface area contributed by atoms with Crippen LogP contribution < -0.4 is 14.8 Å². The highest BCUT2D eigenvalue weighted by Gasteiger charge is 2.46. The van der Waals surface area contributed by atoms with Gasteiger partial charge in [-0.2, -0.15) is 0 Å². The van der Waals surface area contributed by atoms with Crippen molar-refractivity contribution < 1.29 is 33.0 Å². The summed E-state index contributed by atoms with van der Waals surface area (Å²) in [4.78, 5) is 36.7. The second kappa shape index (κ2) is 9.58. The van der Waals surface area contributed by atoms with E-state index in [0.29, 0.717) is 29.0 Å². The molecule has 1 atom stereocenters. The Morgan fingerprint density at radius 1 is 1.03 bits per heavy atom. The first-order valence-electron chi connectivity index (χ1n) is 11.1. The first-order chi connectivity index (χ1) is 16.7. The summed E-state index contributed by atoms with van der Waals surface area (Å²) >= 11 is 0. The van der Waals surface area contributed by atoms with Gasteiger partial charge in [0.05, 0.1) is 7.11 Å². The number of carbonyl (C=O) groups is 3. The molecule has 0 unspecified atom stereocenters. The summed E-state index contributed by atoms with van der Waals surface area (Å²) in [6, 6.07) is 15.9. The molecule has 0 saturated carbocycles. The number of imide groups is 1. The number of rotatable bonds is 8. The summed E-state index contributed by atoms with van der Waals surface area (Å²) in [5.41, 5.74) is 0.427. The fraction of sp³-hybridized carbons (Fsp3) is 0.222. The molecule has 0 radical (unpaired) electrons. The monoisotopic (exact) mass is 477 g/mol. The van der Waals surface area contributed by atoms with Gasteiger partial charge in [0.15, 0.2) is 17.3 Å². The second-order valence-electron chi connectivity index (χ2n) is 8.26. The van der Waals surface area contributed by atoms with Crippen LogP contribution >= 0.6 is 0 Å². The molecule has 3 aromatic carbocycles. The lowest BCUT2D eigenvalue weighted by Gasteiger charge is -2.20. The number of hydrogen-bond acceptors (Lipinski definition) is 6. The van der Waals surface area contributed by atoms with Gasteiger partial charge >= 0.3 is 6.09 Å². The first-order valence-corrected chi connectivity index (χ1v) is 11.1. The number of amides is 2. The maximum absolute atomic E-state index is 14.1. The second-order valence-corrected chi connectivity index (χ2v) is 8.26. The van der Waals surface area contributed by atoms with Gasteiger partial charge in [0.25, 0.3) is 5.91 Å². The Morgan fingerprint density at radius 3 is 2.37 bits per heavy atom. The average molecular weight is 477 g/mol. The van der Waals surface area contributed by atoms with Crippen molar-refractivity contribution in [3.05, 3.63) is 88.7 Å². The predicted molar refractivity (Wildman–Crippen MR) is 125 cm³/mol. The number of ketones is 1. The molecule has 180 valence electrons. The highest BCUT2D eigenvalue weighted by molar-refractivity contribution is 6.09. The zero-order valence-corrected chi connectivity index (χ0v) is 19.5. The fourth-order valence-electron chi connectivity index (χ4n) is 3.90. The Morgan fingerprint density at radius 2 is 1.74 bits per heavy atom. The van der Waals surface area contributed by atoms with Crippen LogP contribution in [0, 0.1) is 5.82 Å². The van der Waals surface area contributed by atoms with Crippen molar-refractivity contribution in [2.45, 2.75) is 32.3 Å². The molecule has 7 nitrogen and oxygen atoms in total. The lowest BCUT2D eigenvalue weighted by molar-refractivity contribution is -0.130. The van der Waals surface area contributed by atoms with E-state index in [9.17, 15) is 18.8 Å². The number of hydrogen-bond donors (Lipinski definition) is 1. The molecule has 1 aliphatic rings. The van der Waals surface area contributed by atoms with Crippen molar-refractivity contribution >= 4 is 17.8 Å². The molecule has 1 heterocycles. The van der Waals surface area contributed by atoms with E-state index in [0.717, 1.165) is 18.1 Å². The minimum atomic E-state index is -1.45. The molecule has 0 bridgehead atoms. The van der Waals surface area contributed by atoms with Crippen LogP contribution in [0.15, 0.2) is 60.7 Å². The molecule has 1 aliphatic heterocycles. The number of aryl methyl sites for hydroxylation is 1. The molecule has 8 heteroatoms. The predicted octanol–water partition coefficient (Wildman–Crippen LogP) is 5.29. The Hall–Kier alpha value is -4.20. The smallest absolute Gasteiger partial charge is 0.415 e. The van der Waals surface area contributed by atoms with Gasteiger partial charge in [0, 0.05) is 16.7 Å². The van der Waals surface area contributed by atoms with Crippen molar-refractivity contribution in [1.82, 2.24) is 5.32 Å². The summed E-state index contributed by atoms with van der Waals surface area (Å²) in [5, 5.41) is 2.14. The van der Waals surface area contributed by atoms with Crippen LogP contribution in [0.2, 0.25) is 0 Å². The Balaban J connectivity index is 1.62. The number of halogens is 1. The van der Waals surface area contributed by atoms with Crippen LogP contribution in [0.3, 0.4) is 0 Å². The van der Waals surface area contributed by atoms with E-state index in [-0.39, 0.29) is 17.1 Å². The van der Waals surface area contributed by atoms with Crippen LogP contribution in [-0.4, -0.2) is 24.9 Å². The molecule has 1 N–H and O–H groups in total. The van der Waals surface area contributed by atoms with E-state index in [4.69, 9.17) is 14.2 Å². The molecule has 0 aliphatic carbocycles. The van der Waals surface area contributed by atoms with Crippen LogP contribution in [0.25, 0.3) is 0 Å². The van der Waals surface area contributed by atoms with Crippen molar-refractivity contribution in [3.63, 3.8) is 0 Å². The zero-order chi connectivity index (χ0) is 25.2. The third-order valence-electron chi connectivity index (χ3n) is 5.81. The van der Waals surface area contributed by atoms with E-state index >= 15 is 0 Å². The highest BCUT2D eigenvalue weighted by Crippen LogP contribution is 2.34. The van der Waals surface area contributed by atoms with E-state index < -0.39 is 23.4 Å². The van der Waals surface area contributed by atoms with Crippen LogP contribution in [-0.2, 0) is 21.6 Å². The van der Waals surface area contributed by atoms with Crippen molar-refractivity contribution in [2.75, 3.05) is 7.11 Å². The van der Waals surface area contributed by atoms with E-state index in [1.807, 2.05) is 6.92 Å². The number of methoxy groups -OCH3 is 1. The third-order valence-corrected chi connectivity index (χ3v) is 5.81. The number of carbonyl (C=O) groups excluding carboxylic acids is 3. The van der Waals surface area contributed by atoms with Gasteiger partial charge in [0.1, 0.15) is 11.5 Å². The Kier molecular flexibility index (Phi) is 6.55. The van der Waals surface area contributed by atoms with Gasteiger partial charge in [-0.15, -0.1) is 0 Å². The number of benzene rings is 3. The summed E-state index contributed by atoms with van der Waals surface area (Å²) < 4.78 is 30.3. The van der Waals surface area contributed by atoms with Gasteiger partial charge < -0.3 is 14.2 Å². The van der Waals surface area contributed by atoms with Gasteiger partial charge in [0.2, 0.25) is 5.60 Å². The third kappa shape index (κ3) is 4.73. The van der Waals surface area contributed by atoms with Crippen LogP contribution in [0.4, 0.5) is 9.18 Å². The van der Waals surface area contributed by atoms with Gasteiger partial charge in [-0.05, 0) is 67.4 Å². The van der Waals surface area contributed by atoms with E-state index in [2.05, 4.69) is 5.32 Å². The number of ether oxygens (including phenoxy) is 3. The minimum absolute atomic E-state index is 0.0675. The summed E-state index contributed by atoms with van der Waals surface area (Å²) in [5.74, 6) is -0.434. The lowest BCUT2D eigenvalue weighted by atomic mass is 9.95. The SMILES string of the molecule is CCCc1cc(C(=O)c2ccc(OC)c(F)c2)ccc1Oc1cccc([C@@]2(C)OC(=O)NC2=O)c1. The Bertz CT molecular complexity index is 1320. The molecule has 1 fully saturated rings. The van der Waals surface area contributed by atoms with E-state index in [1.165, 1.54) is 26.2 Å². The normalized spacial score (nSPS) is 17.0. The molecule has 4 rings (SSSR count). The summed E-state index contributed by atoms with van der Waals surface area (Å²) in [6.07, 6.45) is 0.649. The largest absolute Gasteiger partial charge is 0.494 e. The molecule has 3 aromatic rings. The van der Waals surface area contributed by atoms with Gasteiger partial charge in [-0.1, -0.05) is 25.5 Å². The first kappa shape index (κ1) is 23.9. The molecule has 1 saturated heterocycles. The lowest BCUT2D eigenvalue weighted by Crippen LogP contribution is -2.33. The highest BCUT2D eigenvalue weighted by atomic mass is 19.1. The Labute approximate surface area is 201 Å². The van der Waals surface area contributed by atoms with Gasteiger partial charge in [-0.25, -0.2) is 9.18 Å². The molecular weight excluding hydrogens is 453 g/mol. The standard InChI is InChI=1S/C27H24FNO6/c1-4-6-16-13-17(24(30)18-10-12-23(33-3)21(28)14-18)9-11-22(16)34-20-8-5-7-19(15-20)27(2)25(31)29-26(32)35-27/h5,7-15H,4,6H2,1-3H3,(H,29,31,32)/t27-/m1/s1. The zero-order valence-electron chi connectivity index (χ0n) is 19.5. The molecule has 35 heavy (non-hydrogen) atoms. The topological polar surface area (TPSA) is 90.9 Å². The van der Waals surface area contributed by atoms with Crippen molar-refractivity contribution in [3.8, 4) is 17.2 Å². The molecular formula is C27H24FNO6. The summed E-state index contributed by atoms with van der Waals surface area (Å²) in [7, 11) is 1.36. The van der Waals surface area contributed by atoms with Gasteiger partial charge in [-0.3, -0.25) is 14.9 Å². The maximum Gasteiger partial charge on any atom is 0.415 e. The van der Waals surface area contributed by atoms with Crippen molar-refractivity contribution in [1.29, 1.82) is 0 Å². The maximum atomic E-state index is 14.1. The van der Waals surface area contributed by atoms with Crippen LogP contribution in [0.5, 0.6) is 17.2 Å². The van der Waals surface area contributed by atoms with E-state index in [1.54, 1.807) is 42.5 Å². The quantitative estimate of drug-likeness (QED) is 0.443. The average Bonchev–Trinajstić information content (AvgIpc) is 3.12. The molecule has 2 amide bonds. The fourth-order valence-corrected chi connectivity index (χ4v) is 3.90. The minimum Gasteiger partial charge on any atom is -0.494 e.